The molecule has 0 aromatic heterocycles. The first-order valence-corrected chi connectivity index (χ1v) is 5.40. The van der Waals surface area contributed by atoms with Gasteiger partial charge >= 0.3 is 80.1 Å². The molecule has 0 aromatic carbocycles. The fourth-order valence-electron chi connectivity index (χ4n) is 2.16. The van der Waals surface area contributed by atoms with Gasteiger partial charge in [-0.15, -0.1) is 0 Å². The molecule has 2 atom stereocenters. The summed E-state index contributed by atoms with van der Waals surface area (Å²) in [5, 5.41) is 0. The van der Waals surface area contributed by atoms with E-state index < -0.39 is 0 Å². The van der Waals surface area contributed by atoms with E-state index in [1.54, 1.807) is 5.57 Å². The van der Waals surface area contributed by atoms with Crippen molar-refractivity contribution in [2.75, 3.05) is 0 Å². The van der Waals surface area contributed by atoms with Gasteiger partial charge in [-0.1, -0.05) is 0 Å². The first-order chi connectivity index (χ1) is 4.88. The van der Waals surface area contributed by atoms with Gasteiger partial charge in [0.15, 0.2) is 0 Å². The molecule has 0 bridgehead atoms. The zero-order chi connectivity index (χ0) is 6.97. The molecule has 0 radical (unpaired) electrons. The first-order valence-electron chi connectivity index (χ1n) is 4.24. The number of hydrogen-bond donors (Lipinski definition) is 0. The molecule has 0 N–H and O–H groups in total. The van der Waals surface area contributed by atoms with Crippen LogP contribution in [0.15, 0.2) is 23.8 Å². The van der Waals surface area contributed by atoms with Crippen LogP contribution < -0.4 is 0 Å². The van der Waals surface area contributed by atoms with Crippen LogP contribution in [0, 0.1) is 5.92 Å². The molecule has 48 valence electrons. The van der Waals surface area contributed by atoms with Gasteiger partial charge in [-0.25, -0.2) is 0 Å². The second-order valence-corrected chi connectivity index (χ2v) is 4.90. The third-order valence-electron chi connectivity index (χ3n) is 2.83. The van der Waals surface area contributed by atoms with Crippen LogP contribution in [0.25, 0.3) is 0 Å². The summed E-state index contributed by atoms with van der Waals surface area (Å²) in [7, 11) is 0. The second kappa shape index (κ2) is 2.84. The monoisotopic (exact) mass is 142 g/mol. The van der Waals surface area contributed by atoms with Gasteiger partial charge in [0.25, 0.3) is 0 Å². The van der Waals surface area contributed by atoms with Crippen LogP contribution in [0.3, 0.4) is 0 Å². The average Bonchev–Trinajstić information content (AvgIpc) is 2.34. The standard InChI is InChI=1S/C9H11.Na/c1-2-5-9-7-3-6-8(9)4-1;/h1-2,4,6,9H,3,5,7H2;. The Labute approximate surface area is 79.8 Å². The summed E-state index contributed by atoms with van der Waals surface area (Å²) in [6, 6.07) is 0. The van der Waals surface area contributed by atoms with Crippen molar-refractivity contribution in [3.05, 3.63) is 23.8 Å². The molecule has 1 saturated carbocycles. The van der Waals surface area contributed by atoms with Crippen molar-refractivity contribution >= 4 is 27.9 Å². The molecule has 0 heterocycles. The predicted octanol–water partition coefficient (Wildman–Crippen LogP) is 2.24. The number of rotatable bonds is 0. The van der Waals surface area contributed by atoms with E-state index >= 15 is 0 Å². The van der Waals surface area contributed by atoms with Crippen LogP contribution in [0.1, 0.15) is 19.3 Å². The fourth-order valence-corrected chi connectivity index (χ4v) is 3.16. The van der Waals surface area contributed by atoms with Gasteiger partial charge in [0.2, 0.25) is 0 Å². The van der Waals surface area contributed by atoms with Crippen LogP contribution in [0.2, 0.25) is 3.17 Å². The van der Waals surface area contributed by atoms with E-state index in [4.69, 9.17) is 0 Å². The summed E-state index contributed by atoms with van der Waals surface area (Å²) in [5.41, 5.74) is 1.77. The minimum atomic E-state index is 0.951. The number of fused-ring (bicyclic) bond motifs is 1. The molecule has 2 aliphatic rings. The zero-order valence-corrected chi connectivity index (χ0v) is 8.51. The summed E-state index contributed by atoms with van der Waals surface area (Å²) < 4.78 is 1.01. The Balaban J connectivity index is 2.25. The van der Waals surface area contributed by atoms with E-state index in [1.165, 1.54) is 47.2 Å². The second-order valence-electron chi connectivity index (χ2n) is 3.51. The van der Waals surface area contributed by atoms with Crippen molar-refractivity contribution in [2.24, 2.45) is 5.92 Å². The van der Waals surface area contributed by atoms with Crippen molar-refractivity contribution in [3.8, 4) is 0 Å². The van der Waals surface area contributed by atoms with Crippen molar-refractivity contribution in [3.63, 3.8) is 0 Å². The van der Waals surface area contributed by atoms with Gasteiger partial charge in [-0.2, -0.15) is 0 Å². The van der Waals surface area contributed by atoms with Crippen molar-refractivity contribution < 1.29 is 0 Å². The molecular weight excluding hydrogens is 131 g/mol. The number of allylic oxidation sites excluding steroid dienone is 4. The molecule has 10 heavy (non-hydrogen) atoms. The van der Waals surface area contributed by atoms with Crippen molar-refractivity contribution in [1.29, 1.82) is 0 Å². The Morgan fingerprint density at radius 1 is 1.40 bits per heavy atom. The van der Waals surface area contributed by atoms with Gasteiger partial charge in [0, 0.05) is 0 Å². The molecule has 1 heteroatoms. The predicted molar refractivity (Wildman–Crippen MR) is 44.1 cm³/mol. The van der Waals surface area contributed by atoms with Crippen molar-refractivity contribution in [1.82, 2.24) is 0 Å². The van der Waals surface area contributed by atoms with Gasteiger partial charge in [0.1, 0.15) is 0 Å². The topological polar surface area (TPSA) is 0 Å². The van der Waals surface area contributed by atoms with E-state index in [0.717, 1.165) is 9.09 Å². The first kappa shape index (κ1) is 7.15. The fraction of sp³-hybridized carbons (Fsp3) is 0.556. The Morgan fingerprint density at radius 2 is 2.30 bits per heavy atom. The minimum absolute atomic E-state index is 0.951. The molecule has 0 spiro atoms. The Hall–Kier alpha value is 0.480. The average molecular weight is 142 g/mol. The molecule has 2 unspecified atom stereocenters. The third kappa shape index (κ3) is 1.13. The molecule has 0 amide bonds. The molecule has 0 nitrogen and oxygen atoms in total. The van der Waals surface area contributed by atoms with Gasteiger partial charge < -0.3 is 0 Å². The summed E-state index contributed by atoms with van der Waals surface area (Å²) >= 11 is 1.37. The molecule has 2 rings (SSSR count). The molecule has 0 aliphatic heterocycles. The molecular formula is C9H11Na. The van der Waals surface area contributed by atoms with Gasteiger partial charge in [-0.05, 0) is 0 Å². The van der Waals surface area contributed by atoms with E-state index in [1.807, 2.05) is 0 Å². The third-order valence-corrected chi connectivity index (χ3v) is 4.08. The molecule has 0 aromatic rings. The van der Waals surface area contributed by atoms with Crippen LogP contribution in [0.4, 0.5) is 0 Å². The van der Waals surface area contributed by atoms with Crippen molar-refractivity contribution in [2.45, 2.75) is 22.4 Å². The Bertz CT molecular complexity index is 191. The summed E-state index contributed by atoms with van der Waals surface area (Å²) in [4.78, 5) is 0. The Morgan fingerprint density at radius 3 is 3.10 bits per heavy atom. The van der Waals surface area contributed by atoms with Gasteiger partial charge in [0.05, 0.1) is 0 Å². The Kier molecular flexibility index (Phi) is 2.03. The summed E-state index contributed by atoms with van der Waals surface area (Å²) in [6.07, 6.45) is 11.2. The van der Waals surface area contributed by atoms with E-state index in [0.29, 0.717) is 0 Å². The normalized spacial score (nSPS) is 37.6. The summed E-state index contributed by atoms with van der Waals surface area (Å²) in [6.45, 7) is 0. The van der Waals surface area contributed by atoms with E-state index in [-0.39, 0.29) is 0 Å². The summed E-state index contributed by atoms with van der Waals surface area (Å²) in [5.74, 6) is 0.951. The SMILES string of the molecule is [Na][CH]1CCC2CC=CC=C12. The van der Waals surface area contributed by atoms with Crippen LogP contribution in [0.5, 0.6) is 0 Å². The molecule has 0 saturated heterocycles. The molecule has 2 aliphatic carbocycles. The van der Waals surface area contributed by atoms with E-state index in [9.17, 15) is 0 Å². The van der Waals surface area contributed by atoms with E-state index in [2.05, 4.69) is 18.2 Å². The quantitative estimate of drug-likeness (QED) is 0.455. The zero-order valence-electron chi connectivity index (χ0n) is 6.51. The van der Waals surface area contributed by atoms with Gasteiger partial charge in [-0.3, -0.25) is 0 Å². The maximum atomic E-state index is 2.36. The van der Waals surface area contributed by atoms with Crippen LogP contribution in [-0.2, 0) is 0 Å². The number of hydrogen-bond acceptors (Lipinski definition) is 0. The maximum absolute atomic E-state index is 2.36. The van der Waals surface area contributed by atoms with Crippen LogP contribution >= 0.6 is 0 Å². The molecule has 1 fully saturated rings. The van der Waals surface area contributed by atoms with Crippen LogP contribution in [-0.4, -0.2) is 27.9 Å².